The smallest absolute Gasteiger partial charge is 0.231 e. The zero-order chi connectivity index (χ0) is 22.3. The summed E-state index contributed by atoms with van der Waals surface area (Å²) in [4.78, 5) is 4.86. The number of aliphatic hydroxyl groups is 1. The highest BCUT2D eigenvalue weighted by Crippen LogP contribution is 2.66. The zero-order valence-electron chi connectivity index (χ0n) is 20.0. The summed E-state index contributed by atoms with van der Waals surface area (Å²) in [7, 11) is 0. The number of ether oxygens (including phenoxy) is 3. The van der Waals surface area contributed by atoms with Gasteiger partial charge in [-0.3, -0.25) is 9.80 Å². The van der Waals surface area contributed by atoms with Crippen LogP contribution in [0, 0.1) is 16.7 Å². The van der Waals surface area contributed by atoms with Crippen LogP contribution in [0.1, 0.15) is 52.0 Å². The van der Waals surface area contributed by atoms with Gasteiger partial charge in [0.2, 0.25) is 6.79 Å². The van der Waals surface area contributed by atoms with Crippen molar-refractivity contribution >= 4 is 0 Å². The molecule has 6 heteroatoms. The van der Waals surface area contributed by atoms with Gasteiger partial charge in [-0.05, 0) is 60.1 Å². The van der Waals surface area contributed by atoms with Crippen molar-refractivity contribution in [3.63, 3.8) is 0 Å². The van der Waals surface area contributed by atoms with Crippen molar-refractivity contribution in [1.29, 1.82) is 0 Å². The second kappa shape index (κ2) is 8.79. The Morgan fingerprint density at radius 2 is 1.84 bits per heavy atom. The van der Waals surface area contributed by atoms with Crippen LogP contribution in [0.4, 0.5) is 0 Å². The van der Waals surface area contributed by atoms with Crippen LogP contribution in [0.2, 0.25) is 0 Å². The molecule has 2 heterocycles. The fourth-order valence-corrected chi connectivity index (χ4v) is 6.55. The van der Waals surface area contributed by atoms with Gasteiger partial charge in [-0.15, -0.1) is 0 Å². The van der Waals surface area contributed by atoms with Crippen molar-refractivity contribution in [2.24, 2.45) is 16.7 Å². The SMILES string of the molecule is CC1(C)[C@@H]2CC[C@@]1(C)[C@H](OCC[C@H](O)CN1CCN(Cc3ccc4c(c3)OCO4)CC1)C2. The maximum absolute atomic E-state index is 10.6. The largest absolute Gasteiger partial charge is 0.454 e. The molecule has 32 heavy (non-hydrogen) atoms. The summed E-state index contributed by atoms with van der Waals surface area (Å²) in [5.41, 5.74) is 1.95. The molecule has 2 aliphatic carbocycles. The molecule has 1 aromatic carbocycles. The van der Waals surface area contributed by atoms with Crippen LogP contribution in [0.5, 0.6) is 11.5 Å². The normalized spacial score (nSPS) is 32.5. The number of piperazine rings is 1. The molecule has 2 aliphatic heterocycles. The van der Waals surface area contributed by atoms with E-state index in [0.29, 0.717) is 30.3 Å². The van der Waals surface area contributed by atoms with Gasteiger partial charge < -0.3 is 19.3 Å². The van der Waals surface area contributed by atoms with Crippen molar-refractivity contribution < 1.29 is 19.3 Å². The molecule has 0 amide bonds. The first-order chi connectivity index (χ1) is 15.3. The molecular formula is C26H40N2O4. The van der Waals surface area contributed by atoms with Gasteiger partial charge in [0.1, 0.15) is 0 Å². The van der Waals surface area contributed by atoms with Crippen LogP contribution in [0.15, 0.2) is 18.2 Å². The Balaban J connectivity index is 1.01. The maximum Gasteiger partial charge on any atom is 0.231 e. The topological polar surface area (TPSA) is 54.4 Å². The third-order valence-electron chi connectivity index (χ3n) is 9.26. The van der Waals surface area contributed by atoms with Gasteiger partial charge in [-0.25, -0.2) is 0 Å². The predicted molar refractivity (Wildman–Crippen MR) is 124 cm³/mol. The van der Waals surface area contributed by atoms with E-state index in [2.05, 4.69) is 42.7 Å². The standard InChI is InChI=1S/C26H40N2O4/c1-25(2)20-6-8-26(25,3)24(15-20)30-13-7-21(29)17-28-11-9-27(10-12-28)16-19-4-5-22-23(14-19)32-18-31-22/h4-5,14,20-21,24,29H,6-13,15-18H2,1-3H3/t20-,21+,24-,26+/m1/s1. The van der Waals surface area contributed by atoms with Gasteiger partial charge in [-0.1, -0.05) is 26.8 Å². The molecule has 4 atom stereocenters. The minimum Gasteiger partial charge on any atom is -0.454 e. The van der Waals surface area contributed by atoms with Crippen LogP contribution in [-0.2, 0) is 11.3 Å². The first-order valence-corrected chi connectivity index (χ1v) is 12.5. The van der Waals surface area contributed by atoms with Gasteiger partial charge in [0.05, 0.1) is 12.2 Å². The van der Waals surface area contributed by atoms with Gasteiger partial charge in [0.25, 0.3) is 0 Å². The first kappa shape index (κ1) is 22.5. The summed E-state index contributed by atoms with van der Waals surface area (Å²) in [6.07, 6.45) is 4.62. The molecule has 178 valence electrons. The Kier molecular flexibility index (Phi) is 6.16. The molecule has 0 unspecified atom stereocenters. The van der Waals surface area contributed by atoms with Crippen LogP contribution in [0.3, 0.4) is 0 Å². The molecule has 1 aromatic rings. The van der Waals surface area contributed by atoms with Crippen molar-refractivity contribution in [1.82, 2.24) is 9.80 Å². The number of hydrogen-bond donors (Lipinski definition) is 1. The summed E-state index contributed by atoms with van der Waals surface area (Å²) in [5, 5.41) is 10.6. The second-order valence-corrected chi connectivity index (χ2v) is 11.2. The van der Waals surface area contributed by atoms with Crippen LogP contribution in [-0.4, -0.2) is 73.2 Å². The Morgan fingerprint density at radius 3 is 2.56 bits per heavy atom. The number of hydrogen-bond acceptors (Lipinski definition) is 6. The Bertz CT molecular complexity index is 807. The highest BCUT2D eigenvalue weighted by atomic mass is 16.7. The predicted octanol–water partition coefficient (Wildman–Crippen LogP) is 3.52. The van der Waals surface area contributed by atoms with Crippen molar-refractivity contribution in [2.75, 3.05) is 46.1 Å². The zero-order valence-corrected chi connectivity index (χ0v) is 20.0. The lowest BCUT2D eigenvalue weighted by Gasteiger charge is -2.39. The first-order valence-electron chi connectivity index (χ1n) is 12.5. The average Bonchev–Trinajstić information content (AvgIpc) is 3.37. The Hall–Kier alpha value is -1.34. The Morgan fingerprint density at radius 1 is 1.09 bits per heavy atom. The van der Waals surface area contributed by atoms with E-state index in [1.54, 1.807) is 0 Å². The van der Waals surface area contributed by atoms with Gasteiger partial charge in [0.15, 0.2) is 11.5 Å². The van der Waals surface area contributed by atoms with E-state index in [9.17, 15) is 5.11 Å². The molecule has 0 spiro atoms. The van der Waals surface area contributed by atoms with Gasteiger partial charge in [0, 0.05) is 45.9 Å². The quantitative estimate of drug-likeness (QED) is 0.662. The summed E-state index contributed by atoms with van der Waals surface area (Å²) in [6.45, 7) is 14.0. The third kappa shape index (κ3) is 4.15. The van der Waals surface area contributed by atoms with E-state index in [1.807, 2.05) is 6.07 Å². The molecule has 0 aromatic heterocycles. The van der Waals surface area contributed by atoms with Crippen molar-refractivity contribution in [2.45, 2.75) is 65.2 Å². The summed E-state index contributed by atoms with van der Waals surface area (Å²) >= 11 is 0. The van der Waals surface area contributed by atoms with Gasteiger partial charge in [-0.2, -0.15) is 0 Å². The number of rotatable bonds is 8. The molecule has 0 radical (unpaired) electrons. The van der Waals surface area contributed by atoms with E-state index >= 15 is 0 Å². The average molecular weight is 445 g/mol. The van der Waals surface area contributed by atoms with Crippen molar-refractivity contribution in [3.8, 4) is 11.5 Å². The lowest BCUT2D eigenvalue weighted by molar-refractivity contribution is -0.0570. The van der Waals surface area contributed by atoms with Crippen LogP contribution < -0.4 is 9.47 Å². The van der Waals surface area contributed by atoms with Gasteiger partial charge >= 0.3 is 0 Å². The monoisotopic (exact) mass is 444 g/mol. The number of aliphatic hydroxyl groups excluding tert-OH is 1. The maximum atomic E-state index is 10.6. The van der Waals surface area contributed by atoms with E-state index in [4.69, 9.17) is 14.2 Å². The highest BCUT2D eigenvalue weighted by Gasteiger charge is 2.61. The second-order valence-electron chi connectivity index (χ2n) is 11.2. The summed E-state index contributed by atoms with van der Waals surface area (Å²) < 4.78 is 17.2. The fraction of sp³-hybridized carbons (Fsp3) is 0.769. The number of β-amino-alcohol motifs (C(OH)–C–C–N with tert-alkyl or cyclic N) is 1. The van der Waals surface area contributed by atoms with E-state index in [0.717, 1.165) is 63.1 Å². The van der Waals surface area contributed by atoms with E-state index in [1.165, 1.54) is 24.8 Å². The molecule has 4 aliphatic rings. The highest BCUT2D eigenvalue weighted by molar-refractivity contribution is 5.44. The third-order valence-corrected chi connectivity index (χ3v) is 9.26. The molecule has 5 rings (SSSR count). The Labute approximate surface area is 192 Å². The van der Waals surface area contributed by atoms with Crippen LogP contribution >= 0.6 is 0 Å². The molecule has 1 N–H and O–H groups in total. The van der Waals surface area contributed by atoms with Crippen LogP contribution in [0.25, 0.3) is 0 Å². The minimum absolute atomic E-state index is 0.303. The lowest BCUT2D eigenvalue weighted by atomic mass is 9.70. The fourth-order valence-electron chi connectivity index (χ4n) is 6.55. The lowest BCUT2D eigenvalue weighted by Crippen LogP contribution is -2.48. The molecule has 2 saturated carbocycles. The number of benzene rings is 1. The number of fused-ring (bicyclic) bond motifs is 3. The summed E-state index contributed by atoms with van der Waals surface area (Å²) in [6, 6.07) is 6.22. The van der Waals surface area contributed by atoms with E-state index < -0.39 is 0 Å². The molecule has 6 nitrogen and oxygen atoms in total. The summed E-state index contributed by atoms with van der Waals surface area (Å²) in [5.74, 6) is 2.50. The molecule has 3 fully saturated rings. The molecule has 1 saturated heterocycles. The van der Waals surface area contributed by atoms with E-state index in [-0.39, 0.29) is 6.10 Å². The molecule has 2 bridgehead atoms. The minimum atomic E-state index is -0.310. The van der Waals surface area contributed by atoms with Crippen molar-refractivity contribution in [3.05, 3.63) is 23.8 Å². The number of nitrogens with zero attached hydrogens (tertiary/aromatic N) is 2. The molecular weight excluding hydrogens is 404 g/mol.